The highest BCUT2D eigenvalue weighted by Crippen LogP contribution is 2.23. The maximum atomic E-state index is 13.6. The summed E-state index contributed by atoms with van der Waals surface area (Å²) >= 11 is 0. The van der Waals surface area contributed by atoms with Gasteiger partial charge < -0.3 is 5.11 Å². The van der Waals surface area contributed by atoms with Crippen molar-refractivity contribution < 1.29 is 13.9 Å². The van der Waals surface area contributed by atoms with Crippen LogP contribution >= 0.6 is 0 Å². The van der Waals surface area contributed by atoms with Crippen molar-refractivity contribution in [3.63, 3.8) is 0 Å². The fourth-order valence-electron chi connectivity index (χ4n) is 2.44. The minimum atomic E-state index is -1.11. The Morgan fingerprint density at radius 2 is 1.90 bits per heavy atom. The molecule has 0 aliphatic heterocycles. The molecule has 2 rings (SSSR count). The van der Waals surface area contributed by atoms with Crippen molar-refractivity contribution in [2.45, 2.75) is 45.3 Å². The lowest BCUT2D eigenvalue weighted by Crippen LogP contribution is -2.10. The fourth-order valence-corrected chi connectivity index (χ4v) is 2.44. The molecule has 0 fully saturated rings. The van der Waals surface area contributed by atoms with Gasteiger partial charge in [-0.2, -0.15) is 5.10 Å². The summed E-state index contributed by atoms with van der Waals surface area (Å²) in [7, 11) is 0. The predicted octanol–water partition coefficient (Wildman–Crippen LogP) is 3.80. The van der Waals surface area contributed by atoms with E-state index in [4.69, 9.17) is 0 Å². The van der Waals surface area contributed by atoms with Gasteiger partial charge in [0.15, 0.2) is 11.6 Å². The molecule has 1 unspecified atom stereocenters. The van der Waals surface area contributed by atoms with E-state index in [1.54, 1.807) is 6.07 Å². The molecule has 1 N–H and O–H groups in total. The quantitative estimate of drug-likeness (QED) is 0.880. The van der Waals surface area contributed by atoms with Crippen LogP contribution in [0.1, 0.15) is 50.1 Å². The van der Waals surface area contributed by atoms with Gasteiger partial charge in [0.05, 0.1) is 17.8 Å². The van der Waals surface area contributed by atoms with Crippen LogP contribution in [0.2, 0.25) is 0 Å². The van der Waals surface area contributed by atoms with E-state index in [0.29, 0.717) is 11.7 Å². The first kappa shape index (κ1) is 15.6. The lowest BCUT2D eigenvalue weighted by molar-refractivity contribution is 0.170. The molecule has 1 aromatic heterocycles. The molecule has 0 aliphatic rings. The van der Waals surface area contributed by atoms with Crippen LogP contribution in [0.25, 0.3) is 0 Å². The molecule has 0 radical (unpaired) electrons. The lowest BCUT2D eigenvalue weighted by Gasteiger charge is -2.13. The number of aliphatic hydroxyl groups excluding tert-OH is 1. The van der Waals surface area contributed by atoms with Crippen LogP contribution in [0.3, 0.4) is 0 Å². The highest BCUT2D eigenvalue weighted by atomic mass is 19.2. The number of benzene rings is 1. The van der Waals surface area contributed by atoms with Crippen molar-refractivity contribution >= 4 is 0 Å². The number of aromatic nitrogens is 2. The molecule has 0 aliphatic carbocycles. The van der Waals surface area contributed by atoms with Gasteiger partial charge in [-0.25, -0.2) is 8.78 Å². The summed E-state index contributed by atoms with van der Waals surface area (Å²) in [6.07, 6.45) is 2.86. The van der Waals surface area contributed by atoms with Crippen LogP contribution in [0.15, 0.2) is 30.5 Å². The first-order chi connectivity index (χ1) is 10.1. The molecular weight excluding hydrogens is 274 g/mol. The summed E-state index contributed by atoms with van der Waals surface area (Å²) in [5, 5.41) is 14.5. The van der Waals surface area contributed by atoms with E-state index in [-0.39, 0.29) is 12.0 Å². The largest absolute Gasteiger partial charge is 0.388 e. The van der Waals surface area contributed by atoms with E-state index in [1.165, 1.54) is 12.1 Å². The predicted molar refractivity (Wildman–Crippen MR) is 76.9 cm³/mol. The monoisotopic (exact) mass is 294 g/mol. The highest BCUT2D eigenvalue weighted by Gasteiger charge is 2.18. The zero-order chi connectivity index (χ0) is 15.4. The van der Waals surface area contributed by atoms with Gasteiger partial charge in [0.2, 0.25) is 0 Å². The molecule has 0 saturated heterocycles. The average molecular weight is 294 g/mol. The summed E-state index contributed by atoms with van der Waals surface area (Å²) in [5.41, 5.74) is 0.630. The van der Waals surface area contributed by atoms with Crippen molar-refractivity contribution in [3.8, 4) is 0 Å². The van der Waals surface area contributed by atoms with Gasteiger partial charge in [-0.3, -0.25) is 4.68 Å². The number of halogens is 2. The average Bonchev–Trinajstić information content (AvgIpc) is 2.91. The molecular formula is C16H20F2N2O. The van der Waals surface area contributed by atoms with Crippen LogP contribution in [0, 0.1) is 11.6 Å². The van der Waals surface area contributed by atoms with E-state index < -0.39 is 17.7 Å². The van der Waals surface area contributed by atoms with Crippen LogP contribution in [0.5, 0.6) is 0 Å². The minimum absolute atomic E-state index is 0.0351. The molecule has 114 valence electrons. The van der Waals surface area contributed by atoms with Gasteiger partial charge in [-0.05, 0) is 25.0 Å². The molecule has 0 bridgehead atoms. The Morgan fingerprint density at radius 3 is 2.57 bits per heavy atom. The van der Waals surface area contributed by atoms with Gasteiger partial charge in [-0.15, -0.1) is 0 Å². The highest BCUT2D eigenvalue weighted by molar-refractivity contribution is 5.22. The Labute approximate surface area is 123 Å². The Kier molecular flexibility index (Phi) is 5.07. The molecule has 2 aromatic rings. The Hall–Kier alpha value is -1.75. The zero-order valence-electron chi connectivity index (χ0n) is 12.3. The van der Waals surface area contributed by atoms with Gasteiger partial charge in [-0.1, -0.05) is 26.0 Å². The van der Waals surface area contributed by atoms with Crippen molar-refractivity contribution in [1.82, 2.24) is 9.78 Å². The van der Waals surface area contributed by atoms with Gasteiger partial charge in [0, 0.05) is 18.2 Å². The molecule has 21 heavy (non-hydrogen) atoms. The van der Waals surface area contributed by atoms with Crippen LogP contribution in [-0.4, -0.2) is 14.9 Å². The number of aliphatic hydroxyl groups is 1. The minimum Gasteiger partial charge on any atom is -0.388 e. The Balaban J connectivity index is 2.13. The third kappa shape index (κ3) is 3.47. The second kappa shape index (κ2) is 6.80. The molecule has 1 aromatic carbocycles. The number of nitrogens with zero attached hydrogens (tertiary/aromatic N) is 2. The van der Waals surface area contributed by atoms with Gasteiger partial charge in [0.1, 0.15) is 0 Å². The second-order valence-electron chi connectivity index (χ2n) is 5.12. The molecule has 0 amide bonds. The number of hydrogen-bond donors (Lipinski definition) is 1. The SMILES string of the molecule is CCC(CC)n1ccc(CC(O)c2cccc(F)c2F)n1. The standard InChI is InChI=1S/C16H20F2N2O/c1-3-12(4-2)20-9-8-11(19-20)10-15(21)13-6-5-7-14(17)16(13)18/h5-9,12,15,21H,3-4,10H2,1-2H3. The summed E-state index contributed by atoms with van der Waals surface area (Å²) in [6.45, 7) is 4.18. The number of hydrogen-bond acceptors (Lipinski definition) is 2. The summed E-state index contributed by atoms with van der Waals surface area (Å²) in [4.78, 5) is 0. The smallest absolute Gasteiger partial charge is 0.164 e. The molecule has 0 spiro atoms. The number of rotatable bonds is 6. The van der Waals surface area contributed by atoms with Crippen molar-refractivity contribution in [1.29, 1.82) is 0 Å². The zero-order valence-corrected chi connectivity index (χ0v) is 12.3. The Bertz CT molecular complexity index is 594. The van der Waals surface area contributed by atoms with E-state index in [2.05, 4.69) is 18.9 Å². The summed E-state index contributed by atoms with van der Waals surface area (Å²) in [6, 6.07) is 5.94. The second-order valence-corrected chi connectivity index (χ2v) is 5.12. The van der Waals surface area contributed by atoms with E-state index in [9.17, 15) is 13.9 Å². The van der Waals surface area contributed by atoms with Crippen LogP contribution in [0.4, 0.5) is 8.78 Å². The maximum absolute atomic E-state index is 13.6. The molecule has 0 saturated carbocycles. The maximum Gasteiger partial charge on any atom is 0.164 e. The fraction of sp³-hybridized carbons (Fsp3) is 0.438. The summed E-state index contributed by atoms with van der Waals surface area (Å²) < 4.78 is 28.7. The van der Waals surface area contributed by atoms with Crippen molar-refractivity contribution in [2.24, 2.45) is 0 Å². The molecule has 3 nitrogen and oxygen atoms in total. The van der Waals surface area contributed by atoms with E-state index >= 15 is 0 Å². The van der Waals surface area contributed by atoms with Crippen LogP contribution < -0.4 is 0 Å². The first-order valence-electron chi connectivity index (χ1n) is 7.22. The molecule has 5 heteroatoms. The van der Waals surface area contributed by atoms with E-state index in [0.717, 1.165) is 18.9 Å². The van der Waals surface area contributed by atoms with Crippen molar-refractivity contribution in [2.75, 3.05) is 0 Å². The van der Waals surface area contributed by atoms with Crippen LogP contribution in [-0.2, 0) is 6.42 Å². The Morgan fingerprint density at radius 1 is 1.19 bits per heavy atom. The van der Waals surface area contributed by atoms with Gasteiger partial charge >= 0.3 is 0 Å². The third-order valence-electron chi connectivity index (χ3n) is 3.72. The van der Waals surface area contributed by atoms with Gasteiger partial charge in [0.25, 0.3) is 0 Å². The normalized spacial score (nSPS) is 12.9. The molecule has 1 atom stereocenters. The molecule has 1 heterocycles. The summed E-state index contributed by atoms with van der Waals surface area (Å²) in [5.74, 6) is -1.95. The topological polar surface area (TPSA) is 38.0 Å². The third-order valence-corrected chi connectivity index (χ3v) is 3.72. The van der Waals surface area contributed by atoms with E-state index in [1.807, 2.05) is 10.9 Å². The van der Waals surface area contributed by atoms with Crippen molar-refractivity contribution in [3.05, 3.63) is 53.4 Å². The first-order valence-corrected chi connectivity index (χ1v) is 7.22. The lowest BCUT2D eigenvalue weighted by atomic mass is 10.0.